The summed E-state index contributed by atoms with van der Waals surface area (Å²) in [5.74, 6) is 0.567. The Labute approximate surface area is 107 Å². The van der Waals surface area contributed by atoms with E-state index in [1.807, 2.05) is 24.3 Å². The van der Waals surface area contributed by atoms with Crippen molar-refractivity contribution in [2.75, 3.05) is 25.6 Å². The molecule has 0 radical (unpaired) electrons. The molecular formula is C11H12BrN3O2. The van der Waals surface area contributed by atoms with Crippen LogP contribution in [0.2, 0.25) is 0 Å². The van der Waals surface area contributed by atoms with Crippen LogP contribution in [-0.4, -0.2) is 30.4 Å². The van der Waals surface area contributed by atoms with Gasteiger partial charge in [0.15, 0.2) is 0 Å². The first-order valence-electron chi connectivity index (χ1n) is 5.12. The minimum absolute atomic E-state index is 0.403. The minimum atomic E-state index is 0.403. The number of ether oxygens (including phenoxy) is 1. The maximum Gasteiger partial charge on any atom is 0.321 e. The summed E-state index contributed by atoms with van der Waals surface area (Å²) in [4.78, 5) is 4.22. The van der Waals surface area contributed by atoms with E-state index in [1.54, 1.807) is 7.11 Å². The van der Waals surface area contributed by atoms with Gasteiger partial charge in [-0.15, -0.1) is 0 Å². The Hall–Kier alpha value is -1.40. The second kappa shape index (κ2) is 5.79. The Morgan fingerprint density at radius 1 is 1.35 bits per heavy atom. The van der Waals surface area contributed by atoms with Crippen LogP contribution in [0.4, 0.5) is 6.01 Å². The number of nitrogens with zero attached hydrogens (tertiary/aromatic N) is 2. The van der Waals surface area contributed by atoms with Gasteiger partial charge in [0, 0.05) is 23.7 Å². The Morgan fingerprint density at radius 3 is 2.82 bits per heavy atom. The lowest BCUT2D eigenvalue weighted by Crippen LogP contribution is -2.07. The molecule has 0 aliphatic rings. The summed E-state index contributed by atoms with van der Waals surface area (Å²) < 4.78 is 11.0. The van der Waals surface area contributed by atoms with Gasteiger partial charge in [0.2, 0.25) is 5.82 Å². The summed E-state index contributed by atoms with van der Waals surface area (Å²) in [5, 5.41) is 6.86. The van der Waals surface area contributed by atoms with Gasteiger partial charge >= 0.3 is 6.01 Å². The van der Waals surface area contributed by atoms with E-state index in [0.717, 1.165) is 10.0 Å². The SMILES string of the molecule is COCCNc1nc(-c2ccc(Br)cc2)no1. The molecule has 0 spiro atoms. The average molecular weight is 298 g/mol. The van der Waals surface area contributed by atoms with E-state index in [1.165, 1.54) is 0 Å². The molecule has 1 heterocycles. The van der Waals surface area contributed by atoms with Crippen molar-refractivity contribution in [3.05, 3.63) is 28.7 Å². The fourth-order valence-electron chi connectivity index (χ4n) is 1.27. The molecule has 17 heavy (non-hydrogen) atoms. The van der Waals surface area contributed by atoms with Crippen molar-refractivity contribution < 1.29 is 9.26 Å². The van der Waals surface area contributed by atoms with Crippen molar-refractivity contribution in [1.29, 1.82) is 0 Å². The summed E-state index contributed by atoms with van der Waals surface area (Å²) in [6.45, 7) is 1.23. The molecule has 90 valence electrons. The third-order valence-electron chi connectivity index (χ3n) is 2.11. The molecule has 5 nitrogen and oxygen atoms in total. The molecule has 6 heteroatoms. The molecule has 0 aliphatic carbocycles. The second-order valence-electron chi connectivity index (χ2n) is 3.35. The molecule has 0 aliphatic heterocycles. The zero-order valence-corrected chi connectivity index (χ0v) is 10.9. The lowest BCUT2D eigenvalue weighted by atomic mass is 10.2. The predicted molar refractivity (Wildman–Crippen MR) is 67.8 cm³/mol. The average Bonchev–Trinajstić information content (AvgIpc) is 2.79. The zero-order chi connectivity index (χ0) is 12.1. The first-order chi connectivity index (χ1) is 8.29. The number of methoxy groups -OCH3 is 1. The van der Waals surface area contributed by atoms with Crippen molar-refractivity contribution in [3.63, 3.8) is 0 Å². The van der Waals surface area contributed by atoms with Gasteiger partial charge in [-0.2, -0.15) is 4.98 Å². The van der Waals surface area contributed by atoms with E-state index < -0.39 is 0 Å². The van der Waals surface area contributed by atoms with Crippen LogP contribution in [0.3, 0.4) is 0 Å². The molecule has 2 aromatic rings. The molecular weight excluding hydrogens is 286 g/mol. The summed E-state index contributed by atoms with van der Waals surface area (Å²) in [6, 6.07) is 8.12. The van der Waals surface area contributed by atoms with E-state index in [4.69, 9.17) is 9.26 Å². The monoisotopic (exact) mass is 297 g/mol. The van der Waals surface area contributed by atoms with E-state index in [9.17, 15) is 0 Å². The second-order valence-corrected chi connectivity index (χ2v) is 4.27. The normalized spacial score (nSPS) is 10.5. The van der Waals surface area contributed by atoms with Crippen molar-refractivity contribution in [3.8, 4) is 11.4 Å². The number of hydrogen-bond donors (Lipinski definition) is 1. The van der Waals surface area contributed by atoms with Crippen LogP contribution in [0, 0.1) is 0 Å². The Morgan fingerprint density at radius 2 is 2.12 bits per heavy atom. The number of hydrogen-bond acceptors (Lipinski definition) is 5. The van der Waals surface area contributed by atoms with Gasteiger partial charge in [-0.05, 0) is 24.3 Å². The Bertz CT molecular complexity index is 470. The van der Waals surface area contributed by atoms with Gasteiger partial charge < -0.3 is 14.6 Å². The molecule has 0 amide bonds. The van der Waals surface area contributed by atoms with Crippen LogP contribution < -0.4 is 5.32 Å². The van der Waals surface area contributed by atoms with Crippen molar-refractivity contribution >= 4 is 21.9 Å². The Balaban J connectivity index is 2.04. The summed E-state index contributed by atoms with van der Waals surface area (Å²) in [5.41, 5.74) is 0.914. The maximum atomic E-state index is 5.06. The largest absolute Gasteiger partial charge is 0.383 e. The van der Waals surface area contributed by atoms with E-state index in [2.05, 4.69) is 31.4 Å². The molecule has 0 bridgehead atoms. The first kappa shape index (κ1) is 12.1. The maximum absolute atomic E-state index is 5.06. The first-order valence-corrected chi connectivity index (χ1v) is 5.91. The molecule has 1 aromatic heterocycles. The molecule has 1 aromatic carbocycles. The van der Waals surface area contributed by atoms with Crippen LogP contribution in [0.5, 0.6) is 0 Å². The molecule has 0 unspecified atom stereocenters. The summed E-state index contributed by atoms with van der Waals surface area (Å²) in [7, 11) is 1.64. The smallest absolute Gasteiger partial charge is 0.321 e. The number of rotatable bonds is 5. The molecule has 0 atom stereocenters. The number of benzene rings is 1. The fourth-order valence-corrected chi connectivity index (χ4v) is 1.54. The highest BCUT2D eigenvalue weighted by molar-refractivity contribution is 9.10. The van der Waals surface area contributed by atoms with Crippen LogP contribution >= 0.6 is 15.9 Å². The van der Waals surface area contributed by atoms with E-state index >= 15 is 0 Å². The highest BCUT2D eigenvalue weighted by Crippen LogP contribution is 2.19. The molecule has 2 rings (SSSR count). The Kier molecular flexibility index (Phi) is 4.11. The third-order valence-corrected chi connectivity index (χ3v) is 2.64. The van der Waals surface area contributed by atoms with Gasteiger partial charge in [-0.25, -0.2) is 0 Å². The molecule has 1 N–H and O–H groups in total. The van der Waals surface area contributed by atoms with E-state index in [0.29, 0.717) is 25.0 Å². The molecule has 0 saturated heterocycles. The highest BCUT2D eigenvalue weighted by atomic mass is 79.9. The van der Waals surface area contributed by atoms with Crippen molar-refractivity contribution in [1.82, 2.24) is 10.1 Å². The third kappa shape index (κ3) is 3.28. The van der Waals surface area contributed by atoms with E-state index in [-0.39, 0.29) is 0 Å². The van der Waals surface area contributed by atoms with Crippen LogP contribution in [0.25, 0.3) is 11.4 Å². The molecule has 0 fully saturated rings. The van der Waals surface area contributed by atoms with Gasteiger partial charge in [0.05, 0.1) is 6.61 Å². The van der Waals surface area contributed by atoms with Gasteiger partial charge in [-0.1, -0.05) is 21.1 Å². The lowest BCUT2D eigenvalue weighted by Gasteiger charge is -1.97. The van der Waals surface area contributed by atoms with Crippen LogP contribution in [0.1, 0.15) is 0 Å². The lowest BCUT2D eigenvalue weighted by molar-refractivity contribution is 0.210. The van der Waals surface area contributed by atoms with Crippen LogP contribution in [-0.2, 0) is 4.74 Å². The standard InChI is InChI=1S/C11H12BrN3O2/c1-16-7-6-13-11-14-10(15-17-11)8-2-4-9(12)5-3-8/h2-5H,6-7H2,1H3,(H,13,14,15). The molecule has 0 saturated carbocycles. The highest BCUT2D eigenvalue weighted by Gasteiger charge is 2.07. The summed E-state index contributed by atoms with van der Waals surface area (Å²) >= 11 is 3.37. The number of halogens is 1. The van der Waals surface area contributed by atoms with Crippen molar-refractivity contribution in [2.24, 2.45) is 0 Å². The predicted octanol–water partition coefficient (Wildman–Crippen LogP) is 2.56. The van der Waals surface area contributed by atoms with Crippen LogP contribution in [0.15, 0.2) is 33.3 Å². The summed E-state index contributed by atoms with van der Waals surface area (Å²) in [6.07, 6.45) is 0. The number of aromatic nitrogens is 2. The van der Waals surface area contributed by atoms with Gasteiger partial charge in [0.25, 0.3) is 0 Å². The minimum Gasteiger partial charge on any atom is -0.383 e. The topological polar surface area (TPSA) is 60.2 Å². The van der Waals surface area contributed by atoms with Gasteiger partial charge in [0.1, 0.15) is 0 Å². The van der Waals surface area contributed by atoms with Crippen molar-refractivity contribution in [2.45, 2.75) is 0 Å². The zero-order valence-electron chi connectivity index (χ0n) is 9.31. The number of nitrogens with one attached hydrogen (secondary N) is 1. The quantitative estimate of drug-likeness (QED) is 0.860. The van der Waals surface area contributed by atoms with Gasteiger partial charge in [-0.3, -0.25) is 0 Å². The fraction of sp³-hybridized carbons (Fsp3) is 0.273. The number of anilines is 1.